The van der Waals surface area contributed by atoms with Crippen molar-refractivity contribution in [3.8, 4) is 0 Å². The fourth-order valence-corrected chi connectivity index (χ4v) is 3.40. The van der Waals surface area contributed by atoms with Crippen LogP contribution in [0.5, 0.6) is 0 Å². The van der Waals surface area contributed by atoms with Crippen molar-refractivity contribution >= 4 is 17.2 Å². The summed E-state index contributed by atoms with van der Waals surface area (Å²) in [4.78, 5) is 19.4. The molecule has 0 atom stereocenters. The van der Waals surface area contributed by atoms with E-state index in [0.29, 0.717) is 19.6 Å². The number of carbonyl (C=O) groups is 1. The molecule has 3 heterocycles. The standard InChI is InChI=1S/C13H18N2O3S/c1-10-11(19-9-14-10)8-12(16)15-4-2-13(3-5-15)17-6-7-18-13/h9H,2-8H2,1H3. The second kappa shape index (κ2) is 5.19. The minimum Gasteiger partial charge on any atom is -0.347 e. The van der Waals surface area contributed by atoms with Crippen LogP contribution in [0.3, 0.4) is 0 Å². The predicted octanol–water partition coefficient (Wildman–Crippen LogP) is 1.36. The number of rotatable bonds is 2. The van der Waals surface area contributed by atoms with E-state index in [2.05, 4.69) is 4.98 Å². The minimum absolute atomic E-state index is 0.181. The summed E-state index contributed by atoms with van der Waals surface area (Å²) >= 11 is 1.55. The van der Waals surface area contributed by atoms with Gasteiger partial charge in [-0.1, -0.05) is 0 Å². The van der Waals surface area contributed by atoms with Crippen LogP contribution in [0.15, 0.2) is 5.51 Å². The van der Waals surface area contributed by atoms with Crippen molar-refractivity contribution in [2.45, 2.75) is 32.0 Å². The summed E-state index contributed by atoms with van der Waals surface area (Å²) in [6.45, 7) is 4.74. The van der Waals surface area contributed by atoms with Crippen molar-refractivity contribution in [3.63, 3.8) is 0 Å². The molecule has 2 aliphatic rings. The molecule has 1 aromatic heterocycles. The summed E-state index contributed by atoms with van der Waals surface area (Å²) in [6.07, 6.45) is 2.02. The minimum atomic E-state index is -0.406. The number of aryl methyl sites for hydroxylation is 1. The van der Waals surface area contributed by atoms with Crippen LogP contribution in [0.2, 0.25) is 0 Å². The van der Waals surface area contributed by atoms with Crippen LogP contribution >= 0.6 is 11.3 Å². The molecule has 1 spiro atoms. The monoisotopic (exact) mass is 282 g/mol. The summed E-state index contributed by atoms with van der Waals surface area (Å²) in [7, 11) is 0. The lowest BCUT2D eigenvalue weighted by molar-refractivity contribution is -0.187. The maximum absolute atomic E-state index is 12.2. The van der Waals surface area contributed by atoms with E-state index < -0.39 is 5.79 Å². The third-order valence-electron chi connectivity index (χ3n) is 3.85. The fourth-order valence-electron chi connectivity index (χ4n) is 2.63. The lowest BCUT2D eigenvalue weighted by atomic mass is 10.0. The molecule has 0 saturated carbocycles. The van der Waals surface area contributed by atoms with Gasteiger partial charge in [0, 0.05) is 30.8 Å². The Kier molecular flexibility index (Phi) is 3.56. The molecule has 1 aromatic rings. The van der Waals surface area contributed by atoms with Crippen LogP contribution in [0.25, 0.3) is 0 Å². The van der Waals surface area contributed by atoms with E-state index in [0.717, 1.165) is 36.5 Å². The van der Waals surface area contributed by atoms with Crippen LogP contribution in [-0.2, 0) is 20.7 Å². The zero-order valence-corrected chi connectivity index (χ0v) is 11.9. The van der Waals surface area contributed by atoms with Crippen molar-refractivity contribution in [1.29, 1.82) is 0 Å². The second-order valence-electron chi connectivity index (χ2n) is 5.03. The molecule has 6 heteroatoms. The summed E-state index contributed by atoms with van der Waals surface area (Å²) in [6, 6.07) is 0. The molecule has 104 valence electrons. The van der Waals surface area contributed by atoms with Gasteiger partial charge in [0.05, 0.1) is 30.8 Å². The molecule has 0 bridgehead atoms. The summed E-state index contributed by atoms with van der Waals surface area (Å²) in [5.74, 6) is -0.225. The van der Waals surface area contributed by atoms with Crippen LogP contribution in [-0.4, -0.2) is 47.9 Å². The van der Waals surface area contributed by atoms with Crippen LogP contribution in [0.4, 0.5) is 0 Å². The fraction of sp³-hybridized carbons (Fsp3) is 0.692. The smallest absolute Gasteiger partial charge is 0.227 e. The SMILES string of the molecule is Cc1ncsc1CC(=O)N1CCC2(CC1)OCCO2. The van der Waals surface area contributed by atoms with E-state index in [1.54, 1.807) is 16.8 Å². The zero-order chi connectivity index (χ0) is 13.3. The Balaban J connectivity index is 1.56. The highest BCUT2D eigenvalue weighted by molar-refractivity contribution is 7.09. The lowest BCUT2D eigenvalue weighted by Gasteiger charge is -2.37. The number of piperidine rings is 1. The Morgan fingerprint density at radius 1 is 1.42 bits per heavy atom. The number of thiazole rings is 1. The van der Waals surface area contributed by atoms with Crippen LogP contribution in [0, 0.1) is 6.92 Å². The number of hydrogen-bond acceptors (Lipinski definition) is 5. The Morgan fingerprint density at radius 3 is 2.68 bits per heavy atom. The number of aromatic nitrogens is 1. The molecular formula is C13H18N2O3S. The van der Waals surface area contributed by atoms with E-state index in [9.17, 15) is 4.79 Å². The van der Waals surface area contributed by atoms with Crippen LogP contribution < -0.4 is 0 Å². The van der Waals surface area contributed by atoms with Gasteiger partial charge >= 0.3 is 0 Å². The van der Waals surface area contributed by atoms with E-state index in [1.807, 2.05) is 11.8 Å². The van der Waals surface area contributed by atoms with Gasteiger partial charge in [-0.15, -0.1) is 11.3 Å². The first-order valence-electron chi connectivity index (χ1n) is 6.63. The number of likely N-dealkylation sites (tertiary alicyclic amines) is 1. The first-order chi connectivity index (χ1) is 9.19. The molecule has 19 heavy (non-hydrogen) atoms. The molecular weight excluding hydrogens is 264 g/mol. The first-order valence-corrected chi connectivity index (χ1v) is 7.51. The number of amides is 1. The zero-order valence-electron chi connectivity index (χ0n) is 11.1. The largest absolute Gasteiger partial charge is 0.347 e. The molecule has 3 rings (SSSR count). The second-order valence-corrected chi connectivity index (χ2v) is 5.97. The molecule has 2 aliphatic heterocycles. The van der Waals surface area contributed by atoms with Crippen LogP contribution in [0.1, 0.15) is 23.4 Å². The van der Waals surface area contributed by atoms with Crippen molar-refractivity contribution in [1.82, 2.24) is 9.88 Å². The summed E-state index contributed by atoms with van der Waals surface area (Å²) in [5, 5.41) is 0. The van der Waals surface area contributed by atoms with E-state index in [1.165, 1.54) is 0 Å². The highest BCUT2D eigenvalue weighted by atomic mass is 32.1. The van der Waals surface area contributed by atoms with Crippen molar-refractivity contribution < 1.29 is 14.3 Å². The normalized spacial score (nSPS) is 22.1. The molecule has 0 aliphatic carbocycles. The van der Waals surface area contributed by atoms with Gasteiger partial charge in [0.1, 0.15) is 0 Å². The highest BCUT2D eigenvalue weighted by Gasteiger charge is 2.40. The van der Waals surface area contributed by atoms with Crippen molar-refractivity contribution in [3.05, 3.63) is 16.1 Å². The molecule has 5 nitrogen and oxygen atoms in total. The molecule has 0 N–H and O–H groups in total. The Hall–Kier alpha value is -0.980. The maximum atomic E-state index is 12.2. The molecule has 0 aromatic carbocycles. The van der Waals surface area contributed by atoms with E-state index in [-0.39, 0.29) is 5.91 Å². The average Bonchev–Trinajstić information content (AvgIpc) is 3.01. The van der Waals surface area contributed by atoms with Gasteiger partial charge in [-0.25, -0.2) is 4.98 Å². The third-order valence-corrected chi connectivity index (χ3v) is 4.78. The van der Waals surface area contributed by atoms with Gasteiger partial charge in [0.25, 0.3) is 0 Å². The Bertz CT molecular complexity index is 458. The number of carbonyl (C=O) groups excluding carboxylic acids is 1. The molecule has 2 fully saturated rings. The number of hydrogen-bond donors (Lipinski definition) is 0. The lowest BCUT2D eigenvalue weighted by Crippen LogP contribution is -2.47. The van der Waals surface area contributed by atoms with Gasteiger partial charge in [0.2, 0.25) is 5.91 Å². The third kappa shape index (κ3) is 2.66. The highest BCUT2D eigenvalue weighted by Crippen LogP contribution is 2.31. The maximum Gasteiger partial charge on any atom is 0.227 e. The quantitative estimate of drug-likeness (QED) is 0.822. The topological polar surface area (TPSA) is 51.7 Å². The van der Waals surface area contributed by atoms with Gasteiger partial charge in [0.15, 0.2) is 5.79 Å². The predicted molar refractivity (Wildman–Crippen MR) is 71.0 cm³/mol. The van der Waals surface area contributed by atoms with Gasteiger partial charge in [-0.3, -0.25) is 4.79 Å². The van der Waals surface area contributed by atoms with Gasteiger partial charge in [-0.05, 0) is 6.92 Å². The molecule has 0 radical (unpaired) electrons. The number of ether oxygens (including phenoxy) is 2. The van der Waals surface area contributed by atoms with Crippen molar-refractivity contribution in [2.24, 2.45) is 0 Å². The van der Waals surface area contributed by atoms with E-state index >= 15 is 0 Å². The summed E-state index contributed by atoms with van der Waals surface area (Å²) < 4.78 is 11.3. The Morgan fingerprint density at radius 2 is 2.11 bits per heavy atom. The molecule has 2 saturated heterocycles. The summed E-state index contributed by atoms with van der Waals surface area (Å²) in [5.41, 5.74) is 2.76. The van der Waals surface area contributed by atoms with Gasteiger partial charge < -0.3 is 14.4 Å². The average molecular weight is 282 g/mol. The molecule has 0 unspecified atom stereocenters. The number of nitrogens with zero attached hydrogens (tertiary/aromatic N) is 2. The van der Waals surface area contributed by atoms with Gasteiger partial charge in [-0.2, -0.15) is 0 Å². The molecule has 1 amide bonds. The van der Waals surface area contributed by atoms with Crippen molar-refractivity contribution in [2.75, 3.05) is 26.3 Å². The first kappa shape index (κ1) is 13.0. The van der Waals surface area contributed by atoms with E-state index in [4.69, 9.17) is 9.47 Å². The Labute approximate surface area is 116 Å².